The smallest absolute Gasteiger partial charge is 0.356 e. The van der Waals surface area contributed by atoms with Gasteiger partial charge in [-0.15, -0.1) is 0 Å². The zero-order valence-electron chi connectivity index (χ0n) is 11.8. The summed E-state index contributed by atoms with van der Waals surface area (Å²) in [4.78, 5) is 26.8. The van der Waals surface area contributed by atoms with Gasteiger partial charge in [-0.05, 0) is 29.8 Å². The lowest BCUT2D eigenvalue weighted by atomic mass is 10.2. The van der Waals surface area contributed by atoms with Crippen LogP contribution in [0.2, 0.25) is 5.02 Å². The quantitative estimate of drug-likeness (QED) is 0.651. The minimum absolute atomic E-state index is 0.323. The first-order chi connectivity index (χ1) is 11.1. The average Bonchev–Trinajstić information content (AvgIpc) is 2.56. The average molecular weight is 330 g/mol. The molecule has 2 rings (SSSR count). The molecule has 2 N–H and O–H groups in total. The SMILES string of the molecule is O=C(O)C(/C=C/c1ccccc1Cl)=N\NC(=O)c1ccncc1. The number of hydrogen-bond acceptors (Lipinski definition) is 4. The number of nitrogens with one attached hydrogen (secondary N) is 1. The van der Waals surface area contributed by atoms with E-state index < -0.39 is 11.9 Å². The molecule has 23 heavy (non-hydrogen) atoms. The van der Waals surface area contributed by atoms with Crippen molar-refractivity contribution in [3.05, 3.63) is 71.0 Å². The van der Waals surface area contributed by atoms with Crippen LogP contribution in [0.4, 0.5) is 0 Å². The van der Waals surface area contributed by atoms with E-state index in [0.29, 0.717) is 16.1 Å². The fourth-order valence-electron chi connectivity index (χ4n) is 1.61. The van der Waals surface area contributed by atoms with E-state index in [1.165, 1.54) is 36.7 Å². The number of amides is 1. The maximum absolute atomic E-state index is 11.8. The summed E-state index contributed by atoms with van der Waals surface area (Å²) in [6, 6.07) is 9.93. The Morgan fingerprint density at radius 2 is 1.87 bits per heavy atom. The van der Waals surface area contributed by atoms with E-state index in [1.54, 1.807) is 24.3 Å². The van der Waals surface area contributed by atoms with Crippen molar-refractivity contribution in [3.63, 3.8) is 0 Å². The summed E-state index contributed by atoms with van der Waals surface area (Å²) in [6.45, 7) is 0. The molecule has 0 saturated carbocycles. The largest absolute Gasteiger partial charge is 0.476 e. The molecule has 1 heterocycles. The highest BCUT2D eigenvalue weighted by Gasteiger charge is 2.08. The van der Waals surface area contributed by atoms with Crippen LogP contribution in [0.15, 0.2) is 60.0 Å². The monoisotopic (exact) mass is 329 g/mol. The Kier molecular flexibility index (Phi) is 5.60. The number of carboxylic acid groups (broad SMARTS) is 1. The highest BCUT2D eigenvalue weighted by molar-refractivity contribution is 6.41. The summed E-state index contributed by atoms with van der Waals surface area (Å²) in [5, 5.41) is 13.2. The predicted molar refractivity (Wildman–Crippen MR) is 87.3 cm³/mol. The van der Waals surface area contributed by atoms with Crippen molar-refractivity contribution in [1.82, 2.24) is 10.4 Å². The maximum Gasteiger partial charge on any atom is 0.356 e. The van der Waals surface area contributed by atoms with Crippen molar-refractivity contribution < 1.29 is 14.7 Å². The molecule has 0 aliphatic heterocycles. The summed E-state index contributed by atoms with van der Waals surface area (Å²) in [6.07, 6.45) is 5.67. The lowest BCUT2D eigenvalue weighted by molar-refractivity contribution is -0.129. The fourth-order valence-corrected chi connectivity index (χ4v) is 1.81. The van der Waals surface area contributed by atoms with Gasteiger partial charge in [0.1, 0.15) is 0 Å². The molecule has 0 aliphatic rings. The molecule has 1 aromatic carbocycles. The van der Waals surface area contributed by atoms with Crippen LogP contribution in [-0.4, -0.2) is 27.7 Å². The summed E-state index contributed by atoms with van der Waals surface area (Å²) < 4.78 is 0. The molecule has 1 amide bonds. The van der Waals surface area contributed by atoms with Gasteiger partial charge in [0, 0.05) is 23.0 Å². The molecule has 0 saturated heterocycles. The van der Waals surface area contributed by atoms with Crippen LogP contribution >= 0.6 is 11.6 Å². The van der Waals surface area contributed by atoms with E-state index in [2.05, 4.69) is 15.5 Å². The molecule has 0 radical (unpaired) electrons. The molecular formula is C16H12ClN3O3. The van der Waals surface area contributed by atoms with Crippen LogP contribution in [0, 0.1) is 0 Å². The first-order valence-corrected chi connectivity index (χ1v) is 6.89. The highest BCUT2D eigenvalue weighted by Crippen LogP contribution is 2.16. The van der Waals surface area contributed by atoms with Gasteiger partial charge in [0.15, 0.2) is 5.71 Å². The Hall–Kier alpha value is -2.99. The van der Waals surface area contributed by atoms with Gasteiger partial charge < -0.3 is 5.11 Å². The minimum Gasteiger partial charge on any atom is -0.476 e. The normalized spacial score (nSPS) is 11.4. The Morgan fingerprint density at radius 1 is 1.17 bits per heavy atom. The van der Waals surface area contributed by atoms with Gasteiger partial charge in [-0.3, -0.25) is 9.78 Å². The molecule has 6 nitrogen and oxygen atoms in total. The van der Waals surface area contributed by atoms with Gasteiger partial charge >= 0.3 is 5.97 Å². The number of pyridine rings is 1. The summed E-state index contributed by atoms with van der Waals surface area (Å²) in [7, 11) is 0. The van der Waals surface area contributed by atoms with E-state index in [0.717, 1.165) is 0 Å². The number of carbonyl (C=O) groups excluding carboxylic acids is 1. The van der Waals surface area contributed by atoms with Crippen LogP contribution in [-0.2, 0) is 4.79 Å². The first-order valence-electron chi connectivity index (χ1n) is 6.52. The molecule has 1 aromatic heterocycles. The minimum atomic E-state index is -1.27. The molecule has 0 aliphatic carbocycles. The van der Waals surface area contributed by atoms with Crippen molar-refractivity contribution in [3.8, 4) is 0 Å². The number of aliphatic carboxylic acids is 1. The Balaban J connectivity index is 2.14. The number of benzene rings is 1. The molecule has 116 valence electrons. The molecule has 0 fully saturated rings. The third kappa shape index (κ3) is 4.76. The molecule has 0 unspecified atom stereocenters. The number of carboxylic acids is 1. The zero-order valence-corrected chi connectivity index (χ0v) is 12.6. The summed E-state index contributed by atoms with van der Waals surface area (Å²) in [5.74, 6) is -1.80. The van der Waals surface area contributed by atoms with Crippen molar-refractivity contribution in [2.45, 2.75) is 0 Å². The Bertz CT molecular complexity index is 773. The van der Waals surface area contributed by atoms with Crippen LogP contribution in [0.1, 0.15) is 15.9 Å². The van der Waals surface area contributed by atoms with Gasteiger partial charge in [-0.2, -0.15) is 5.10 Å². The van der Waals surface area contributed by atoms with Crippen molar-refractivity contribution in [1.29, 1.82) is 0 Å². The van der Waals surface area contributed by atoms with Crippen molar-refractivity contribution >= 4 is 35.3 Å². The number of hydrazone groups is 1. The van der Waals surface area contributed by atoms with E-state index in [-0.39, 0.29) is 5.71 Å². The van der Waals surface area contributed by atoms with E-state index in [4.69, 9.17) is 16.7 Å². The second kappa shape index (κ2) is 7.86. The third-order valence-electron chi connectivity index (χ3n) is 2.77. The van der Waals surface area contributed by atoms with Crippen LogP contribution < -0.4 is 5.43 Å². The number of carbonyl (C=O) groups is 2. The predicted octanol–water partition coefficient (Wildman–Crippen LogP) is 2.62. The van der Waals surface area contributed by atoms with Gasteiger partial charge in [0.25, 0.3) is 5.91 Å². The molecule has 0 bridgehead atoms. The van der Waals surface area contributed by atoms with Crippen molar-refractivity contribution in [2.75, 3.05) is 0 Å². The highest BCUT2D eigenvalue weighted by atomic mass is 35.5. The summed E-state index contributed by atoms with van der Waals surface area (Å²) >= 11 is 5.98. The van der Waals surface area contributed by atoms with Gasteiger partial charge in [0.2, 0.25) is 0 Å². The number of halogens is 1. The second-order valence-electron chi connectivity index (χ2n) is 4.33. The van der Waals surface area contributed by atoms with Crippen LogP contribution in [0.5, 0.6) is 0 Å². The molecule has 2 aromatic rings. The fraction of sp³-hybridized carbons (Fsp3) is 0. The number of rotatable bonds is 5. The molecule has 7 heteroatoms. The molecular weight excluding hydrogens is 318 g/mol. The van der Waals surface area contributed by atoms with E-state index in [9.17, 15) is 9.59 Å². The Morgan fingerprint density at radius 3 is 2.52 bits per heavy atom. The van der Waals surface area contributed by atoms with E-state index >= 15 is 0 Å². The zero-order chi connectivity index (χ0) is 16.7. The third-order valence-corrected chi connectivity index (χ3v) is 3.11. The first kappa shape index (κ1) is 16.4. The maximum atomic E-state index is 11.8. The van der Waals surface area contributed by atoms with Gasteiger partial charge in [-0.1, -0.05) is 35.9 Å². The molecule has 0 atom stereocenters. The number of nitrogens with zero attached hydrogens (tertiary/aromatic N) is 2. The van der Waals surface area contributed by atoms with Crippen LogP contribution in [0.25, 0.3) is 6.08 Å². The number of hydrogen-bond donors (Lipinski definition) is 2. The van der Waals surface area contributed by atoms with Crippen LogP contribution in [0.3, 0.4) is 0 Å². The lowest BCUT2D eigenvalue weighted by Gasteiger charge is -2.00. The number of aromatic nitrogens is 1. The second-order valence-corrected chi connectivity index (χ2v) is 4.74. The molecule has 0 spiro atoms. The Labute approximate surface area is 137 Å². The lowest BCUT2D eigenvalue weighted by Crippen LogP contribution is -2.22. The van der Waals surface area contributed by atoms with Gasteiger partial charge in [0.05, 0.1) is 0 Å². The standard InChI is InChI=1S/C16H12ClN3O3/c17-13-4-2-1-3-11(13)5-6-14(16(22)23)19-20-15(21)12-7-9-18-10-8-12/h1-10H,(H,20,21)(H,22,23)/b6-5+,19-14-. The van der Waals surface area contributed by atoms with Crippen molar-refractivity contribution in [2.24, 2.45) is 5.10 Å². The topological polar surface area (TPSA) is 91.6 Å². The van der Waals surface area contributed by atoms with E-state index in [1.807, 2.05) is 0 Å². The summed E-state index contributed by atoms with van der Waals surface area (Å²) in [5.41, 5.74) is 2.83. The van der Waals surface area contributed by atoms with Gasteiger partial charge in [-0.25, -0.2) is 10.2 Å².